The highest BCUT2D eigenvalue weighted by Gasteiger charge is 2.31. The molecule has 3 aromatic rings. The zero-order valence-corrected chi connectivity index (χ0v) is 20.3. The molecular weight excluding hydrogens is 472 g/mol. The molecule has 1 fully saturated rings. The van der Waals surface area contributed by atoms with Crippen molar-refractivity contribution in [1.29, 1.82) is 0 Å². The van der Waals surface area contributed by atoms with Crippen LogP contribution in [0.25, 0.3) is 0 Å². The predicted molar refractivity (Wildman–Crippen MR) is 134 cm³/mol. The van der Waals surface area contributed by atoms with Gasteiger partial charge in [0.15, 0.2) is 0 Å². The third kappa shape index (κ3) is 4.63. The van der Waals surface area contributed by atoms with Gasteiger partial charge in [0, 0.05) is 41.5 Å². The largest absolute Gasteiger partial charge is 0.371 e. The molecule has 1 N–H and O–H groups in total. The Hall–Kier alpha value is -3.04. The van der Waals surface area contributed by atoms with E-state index >= 15 is 0 Å². The Kier molecular flexibility index (Phi) is 6.47. The van der Waals surface area contributed by atoms with E-state index in [9.17, 15) is 9.59 Å². The Morgan fingerprint density at radius 1 is 1.21 bits per heavy atom. The van der Waals surface area contributed by atoms with Gasteiger partial charge in [-0.2, -0.15) is 0 Å². The van der Waals surface area contributed by atoms with Crippen molar-refractivity contribution in [2.75, 3.05) is 35.7 Å². The summed E-state index contributed by atoms with van der Waals surface area (Å²) in [7, 11) is 1.76. The summed E-state index contributed by atoms with van der Waals surface area (Å²) in [6.45, 7) is 2.48. The van der Waals surface area contributed by atoms with Crippen LogP contribution < -0.4 is 15.1 Å². The Labute approximate surface area is 207 Å². The number of hydrogen-bond acceptors (Lipinski definition) is 6. The minimum absolute atomic E-state index is 0.0191. The summed E-state index contributed by atoms with van der Waals surface area (Å²) >= 11 is 7.78. The van der Waals surface area contributed by atoms with Crippen molar-refractivity contribution in [3.05, 3.63) is 65.2 Å². The summed E-state index contributed by atoms with van der Waals surface area (Å²) in [5.41, 5.74) is 2.88. The predicted octanol–water partition coefficient (Wildman–Crippen LogP) is 3.45. The Bertz CT molecular complexity index is 1230. The van der Waals surface area contributed by atoms with Gasteiger partial charge in [-0.15, -0.1) is 16.9 Å². The fourth-order valence-electron chi connectivity index (χ4n) is 4.26. The van der Waals surface area contributed by atoms with Crippen molar-refractivity contribution in [1.82, 2.24) is 20.1 Å². The first kappa shape index (κ1) is 22.7. The van der Waals surface area contributed by atoms with Crippen LogP contribution >= 0.6 is 23.4 Å². The van der Waals surface area contributed by atoms with E-state index in [-0.39, 0.29) is 11.7 Å². The van der Waals surface area contributed by atoms with Gasteiger partial charge >= 0.3 is 0 Å². The molecule has 0 spiro atoms. The summed E-state index contributed by atoms with van der Waals surface area (Å²) in [5, 5.41) is 7.72. The van der Waals surface area contributed by atoms with Crippen LogP contribution in [0.5, 0.6) is 0 Å². The number of fused-ring (bicyclic) bond motifs is 1. The summed E-state index contributed by atoms with van der Waals surface area (Å²) in [5.74, 6) is -0.182. The van der Waals surface area contributed by atoms with Crippen LogP contribution in [0.3, 0.4) is 0 Å². The van der Waals surface area contributed by atoms with Gasteiger partial charge in [-0.05, 0) is 42.7 Å². The molecule has 1 saturated heterocycles. The fraction of sp³-hybridized carbons (Fsp3) is 0.333. The second kappa shape index (κ2) is 9.68. The molecule has 2 amide bonds. The first-order chi connectivity index (χ1) is 16.5. The average Bonchev–Trinajstić information content (AvgIpc) is 3.53. The number of carbonyl (C=O) groups excluding carboxylic acids is 2. The minimum Gasteiger partial charge on any atom is -0.371 e. The van der Waals surface area contributed by atoms with Crippen molar-refractivity contribution >= 4 is 46.6 Å². The lowest BCUT2D eigenvalue weighted by molar-refractivity contribution is -0.119. The van der Waals surface area contributed by atoms with E-state index in [0.717, 1.165) is 34.9 Å². The van der Waals surface area contributed by atoms with Gasteiger partial charge in [0.2, 0.25) is 11.7 Å². The lowest BCUT2D eigenvalue weighted by atomic mass is 10.2. The molecule has 0 radical (unpaired) electrons. The molecule has 0 aliphatic carbocycles. The molecule has 2 aliphatic rings. The van der Waals surface area contributed by atoms with E-state index in [1.54, 1.807) is 34.5 Å². The molecule has 176 valence electrons. The van der Waals surface area contributed by atoms with Crippen molar-refractivity contribution in [3.63, 3.8) is 0 Å². The van der Waals surface area contributed by atoms with Crippen molar-refractivity contribution in [3.8, 4) is 0 Å². The topological polar surface area (TPSA) is 83.4 Å². The van der Waals surface area contributed by atoms with Crippen LogP contribution in [0.2, 0.25) is 5.02 Å². The monoisotopic (exact) mass is 496 g/mol. The van der Waals surface area contributed by atoms with Crippen molar-refractivity contribution in [2.24, 2.45) is 0 Å². The normalized spacial score (nSPS) is 18.1. The second-order valence-electron chi connectivity index (χ2n) is 8.44. The molecule has 2 aliphatic heterocycles. The fourth-order valence-corrected chi connectivity index (χ4v) is 5.54. The highest BCUT2D eigenvalue weighted by molar-refractivity contribution is 7.99. The lowest BCUT2D eigenvalue weighted by Crippen LogP contribution is -2.48. The number of likely N-dealkylation sites (N-methyl/N-ethyl adjacent to an activating group) is 1. The van der Waals surface area contributed by atoms with Crippen LogP contribution in [0, 0.1) is 0 Å². The number of rotatable bonds is 5. The number of anilines is 2. The molecule has 34 heavy (non-hydrogen) atoms. The first-order valence-electron chi connectivity index (χ1n) is 11.2. The maximum atomic E-state index is 13.2. The molecule has 1 aromatic heterocycles. The average molecular weight is 497 g/mol. The third-order valence-electron chi connectivity index (χ3n) is 6.14. The molecule has 3 heterocycles. The lowest BCUT2D eigenvalue weighted by Gasteiger charge is -2.24. The van der Waals surface area contributed by atoms with Crippen LogP contribution in [-0.2, 0) is 11.3 Å². The van der Waals surface area contributed by atoms with Gasteiger partial charge in [0.25, 0.3) is 5.91 Å². The molecule has 0 unspecified atom stereocenters. The van der Waals surface area contributed by atoms with Crippen LogP contribution in [-0.4, -0.2) is 58.5 Å². The summed E-state index contributed by atoms with van der Waals surface area (Å²) in [6, 6.07) is 13.0. The minimum atomic E-state index is -0.680. The van der Waals surface area contributed by atoms with Crippen molar-refractivity contribution in [2.45, 2.75) is 30.3 Å². The van der Waals surface area contributed by atoms with Crippen LogP contribution in [0.4, 0.5) is 11.4 Å². The molecule has 8 nitrogen and oxygen atoms in total. The third-order valence-corrected chi connectivity index (χ3v) is 7.67. The number of halogens is 1. The maximum absolute atomic E-state index is 13.2. The highest BCUT2D eigenvalue weighted by Crippen LogP contribution is 2.37. The number of hydrogen-bond donors (Lipinski definition) is 1. The van der Waals surface area contributed by atoms with E-state index in [0.29, 0.717) is 17.3 Å². The quantitative estimate of drug-likeness (QED) is 0.582. The van der Waals surface area contributed by atoms with Gasteiger partial charge in [-0.25, -0.2) is 9.67 Å². The summed E-state index contributed by atoms with van der Waals surface area (Å²) < 4.78 is 1.56. The Balaban J connectivity index is 1.27. The van der Waals surface area contributed by atoms with Gasteiger partial charge in [0.05, 0.1) is 12.2 Å². The number of thioether (sulfide) groups is 1. The number of nitrogens with one attached hydrogen (secondary N) is 1. The number of aromatic nitrogens is 3. The van der Waals surface area contributed by atoms with E-state index in [2.05, 4.69) is 38.5 Å². The maximum Gasteiger partial charge on any atom is 0.291 e. The van der Waals surface area contributed by atoms with E-state index in [1.165, 1.54) is 19.2 Å². The number of nitrogens with zero attached hydrogens (tertiary/aromatic N) is 5. The van der Waals surface area contributed by atoms with Crippen molar-refractivity contribution < 1.29 is 9.59 Å². The number of carbonyl (C=O) groups is 2. The summed E-state index contributed by atoms with van der Waals surface area (Å²) in [4.78, 5) is 35.2. The number of benzene rings is 2. The first-order valence-corrected chi connectivity index (χ1v) is 12.6. The van der Waals surface area contributed by atoms with Gasteiger partial charge < -0.3 is 15.1 Å². The van der Waals surface area contributed by atoms with Crippen LogP contribution in [0.1, 0.15) is 29.0 Å². The highest BCUT2D eigenvalue weighted by atomic mass is 35.5. The van der Waals surface area contributed by atoms with Crippen LogP contribution in [0.15, 0.2) is 53.7 Å². The van der Waals surface area contributed by atoms with Gasteiger partial charge in [0.1, 0.15) is 12.4 Å². The van der Waals surface area contributed by atoms with E-state index in [4.69, 9.17) is 11.6 Å². The second-order valence-corrected chi connectivity index (χ2v) is 9.91. The zero-order chi connectivity index (χ0) is 23.7. The van der Waals surface area contributed by atoms with Gasteiger partial charge in [-0.1, -0.05) is 29.8 Å². The molecule has 2 aromatic carbocycles. The van der Waals surface area contributed by atoms with E-state index < -0.39 is 11.9 Å². The Morgan fingerprint density at radius 3 is 2.79 bits per heavy atom. The molecule has 5 rings (SSSR count). The molecular formula is C24H25ClN6O2S. The number of amides is 2. The van der Waals surface area contributed by atoms with Gasteiger partial charge in [-0.3, -0.25) is 9.59 Å². The molecule has 0 saturated carbocycles. The Morgan fingerprint density at radius 2 is 2.00 bits per heavy atom. The smallest absolute Gasteiger partial charge is 0.291 e. The molecule has 1 atom stereocenters. The molecule has 10 heteroatoms. The van der Waals surface area contributed by atoms with E-state index in [1.807, 2.05) is 18.2 Å². The SMILES string of the molecule is CN1C(=O)[C@@H](NC(=O)c2ncn(Cc3ccccc3Cl)n2)CSc2ccc(N3CCCC3)cc21. The summed E-state index contributed by atoms with van der Waals surface area (Å²) in [6.07, 6.45) is 3.87. The standard InChI is InChI=1S/C24H25ClN6O2S/c1-29-20-12-17(30-10-4-5-11-30)8-9-21(20)34-14-19(24(29)33)27-23(32)22-26-15-31(28-22)13-16-6-2-3-7-18(16)25/h2-3,6-9,12,15,19H,4-5,10-11,13-14H2,1H3,(H,27,32)/t19-/m0/s1. The zero-order valence-electron chi connectivity index (χ0n) is 18.8. The molecule has 0 bridgehead atoms.